The van der Waals surface area contributed by atoms with Gasteiger partial charge in [0.15, 0.2) is 0 Å². The molecule has 0 saturated heterocycles. The SMILES string of the molecule is CC(C)C(C)N(C)CCC(N)c1ccc(Cl)cc1. The molecule has 0 fully saturated rings. The van der Waals surface area contributed by atoms with Crippen molar-refractivity contribution in [1.29, 1.82) is 0 Å². The van der Waals surface area contributed by atoms with E-state index in [1.54, 1.807) is 0 Å². The van der Waals surface area contributed by atoms with Crippen LogP contribution in [-0.4, -0.2) is 24.5 Å². The first kappa shape index (κ1) is 15.5. The second-order valence-corrected chi connectivity index (χ2v) is 5.85. The minimum Gasteiger partial charge on any atom is -0.324 e. The predicted molar refractivity (Wildman–Crippen MR) is 79.9 cm³/mol. The lowest BCUT2D eigenvalue weighted by Gasteiger charge is -2.28. The molecule has 2 atom stereocenters. The van der Waals surface area contributed by atoms with Gasteiger partial charge in [-0.3, -0.25) is 0 Å². The van der Waals surface area contributed by atoms with Crippen LogP contribution in [0.25, 0.3) is 0 Å². The molecule has 0 aliphatic rings. The Balaban J connectivity index is 2.46. The number of hydrogen-bond acceptors (Lipinski definition) is 2. The molecule has 1 rings (SSSR count). The Morgan fingerprint density at radius 3 is 2.22 bits per heavy atom. The van der Waals surface area contributed by atoms with Gasteiger partial charge >= 0.3 is 0 Å². The molecule has 0 aliphatic carbocycles. The van der Waals surface area contributed by atoms with E-state index in [9.17, 15) is 0 Å². The van der Waals surface area contributed by atoms with E-state index in [1.807, 2.05) is 24.3 Å². The minimum atomic E-state index is 0.0871. The van der Waals surface area contributed by atoms with Crippen molar-refractivity contribution in [2.75, 3.05) is 13.6 Å². The van der Waals surface area contributed by atoms with E-state index in [-0.39, 0.29) is 6.04 Å². The van der Waals surface area contributed by atoms with E-state index < -0.39 is 0 Å². The lowest BCUT2D eigenvalue weighted by Crippen LogP contribution is -2.35. The van der Waals surface area contributed by atoms with Crippen LogP contribution in [0.4, 0.5) is 0 Å². The minimum absolute atomic E-state index is 0.0871. The van der Waals surface area contributed by atoms with Gasteiger partial charge in [-0.2, -0.15) is 0 Å². The molecule has 2 nitrogen and oxygen atoms in total. The molecule has 0 aliphatic heterocycles. The molecule has 1 aromatic carbocycles. The number of nitrogens with two attached hydrogens (primary N) is 1. The second kappa shape index (κ2) is 7.13. The number of benzene rings is 1. The molecule has 1 aromatic rings. The van der Waals surface area contributed by atoms with Gasteiger partial charge < -0.3 is 10.6 Å². The Labute approximate surface area is 116 Å². The highest BCUT2D eigenvalue weighted by Crippen LogP contribution is 2.18. The molecule has 2 unspecified atom stereocenters. The number of halogens is 1. The van der Waals surface area contributed by atoms with Crippen molar-refractivity contribution in [2.45, 2.75) is 39.3 Å². The van der Waals surface area contributed by atoms with E-state index in [4.69, 9.17) is 17.3 Å². The quantitative estimate of drug-likeness (QED) is 0.852. The summed E-state index contributed by atoms with van der Waals surface area (Å²) in [5, 5.41) is 0.761. The smallest absolute Gasteiger partial charge is 0.0406 e. The zero-order chi connectivity index (χ0) is 13.7. The molecule has 2 N–H and O–H groups in total. The lowest BCUT2D eigenvalue weighted by atomic mass is 10.0. The molecule has 0 saturated carbocycles. The molecule has 0 aromatic heterocycles. The zero-order valence-electron chi connectivity index (χ0n) is 11.9. The average molecular weight is 269 g/mol. The van der Waals surface area contributed by atoms with Crippen molar-refractivity contribution in [2.24, 2.45) is 11.7 Å². The summed E-state index contributed by atoms with van der Waals surface area (Å²) >= 11 is 5.87. The third-order valence-electron chi connectivity index (χ3n) is 3.75. The second-order valence-electron chi connectivity index (χ2n) is 5.41. The number of rotatable bonds is 6. The highest BCUT2D eigenvalue weighted by atomic mass is 35.5. The Kier molecular flexibility index (Phi) is 6.13. The average Bonchev–Trinajstić information content (AvgIpc) is 2.35. The van der Waals surface area contributed by atoms with Gasteiger partial charge in [0.25, 0.3) is 0 Å². The highest BCUT2D eigenvalue weighted by Gasteiger charge is 2.14. The highest BCUT2D eigenvalue weighted by molar-refractivity contribution is 6.30. The largest absolute Gasteiger partial charge is 0.324 e. The summed E-state index contributed by atoms with van der Waals surface area (Å²) in [6.07, 6.45) is 0.967. The van der Waals surface area contributed by atoms with Gasteiger partial charge in [-0.05, 0) is 50.6 Å². The predicted octanol–water partition coefficient (Wildman–Crippen LogP) is 3.71. The van der Waals surface area contributed by atoms with Crippen molar-refractivity contribution in [3.8, 4) is 0 Å². The third-order valence-corrected chi connectivity index (χ3v) is 4.00. The van der Waals surface area contributed by atoms with Crippen LogP contribution < -0.4 is 5.73 Å². The molecule has 102 valence electrons. The van der Waals surface area contributed by atoms with Gasteiger partial charge in [-0.25, -0.2) is 0 Å². The molecular formula is C15H25ClN2. The number of nitrogens with zero attached hydrogens (tertiary/aromatic N) is 1. The van der Waals surface area contributed by atoms with Gasteiger partial charge in [-0.1, -0.05) is 37.6 Å². The van der Waals surface area contributed by atoms with E-state index in [1.165, 1.54) is 0 Å². The zero-order valence-corrected chi connectivity index (χ0v) is 12.6. The van der Waals surface area contributed by atoms with Crippen LogP contribution >= 0.6 is 11.6 Å². The van der Waals surface area contributed by atoms with E-state index in [2.05, 4.69) is 32.7 Å². The normalized spacial score (nSPS) is 15.1. The summed E-state index contributed by atoms with van der Waals surface area (Å²) in [6, 6.07) is 8.50. The maximum atomic E-state index is 6.20. The maximum Gasteiger partial charge on any atom is 0.0406 e. The standard InChI is InChI=1S/C15H25ClN2/c1-11(2)12(3)18(4)10-9-15(17)13-5-7-14(16)8-6-13/h5-8,11-12,15H,9-10,17H2,1-4H3. The Hall–Kier alpha value is -0.570. The summed E-state index contributed by atoms with van der Waals surface area (Å²) in [5.74, 6) is 0.668. The van der Waals surface area contributed by atoms with Gasteiger partial charge in [-0.15, -0.1) is 0 Å². The first-order valence-electron chi connectivity index (χ1n) is 6.63. The summed E-state index contributed by atoms with van der Waals surface area (Å²) in [7, 11) is 2.17. The Morgan fingerprint density at radius 2 is 1.72 bits per heavy atom. The lowest BCUT2D eigenvalue weighted by molar-refractivity contribution is 0.202. The van der Waals surface area contributed by atoms with Crippen molar-refractivity contribution < 1.29 is 0 Å². The third kappa shape index (κ3) is 4.60. The molecule has 18 heavy (non-hydrogen) atoms. The molecule has 3 heteroatoms. The Morgan fingerprint density at radius 1 is 1.17 bits per heavy atom. The van der Waals surface area contributed by atoms with Gasteiger partial charge in [0.05, 0.1) is 0 Å². The van der Waals surface area contributed by atoms with Crippen molar-refractivity contribution in [3.63, 3.8) is 0 Å². The fraction of sp³-hybridized carbons (Fsp3) is 0.600. The van der Waals surface area contributed by atoms with Gasteiger partial charge in [0.1, 0.15) is 0 Å². The van der Waals surface area contributed by atoms with Crippen molar-refractivity contribution in [3.05, 3.63) is 34.9 Å². The van der Waals surface area contributed by atoms with E-state index in [0.29, 0.717) is 12.0 Å². The van der Waals surface area contributed by atoms with Crippen LogP contribution in [-0.2, 0) is 0 Å². The van der Waals surface area contributed by atoms with Crippen LogP contribution in [0.15, 0.2) is 24.3 Å². The van der Waals surface area contributed by atoms with Crippen LogP contribution in [0.1, 0.15) is 38.8 Å². The molecule has 0 amide bonds. The van der Waals surface area contributed by atoms with Crippen LogP contribution in [0, 0.1) is 5.92 Å². The topological polar surface area (TPSA) is 29.3 Å². The summed E-state index contributed by atoms with van der Waals surface area (Å²) < 4.78 is 0. The maximum absolute atomic E-state index is 6.20. The van der Waals surface area contributed by atoms with Crippen LogP contribution in [0.3, 0.4) is 0 Å². The summed E-state index contributed by atoms with van der Waals surface area (Å²) in [6.45, 7) is 7.78. The molecule has 0 spiro atoms. The fourth-order valence-electron chi connectivity index (χ4n) is 1.93. The van der Waals surface area contributed by atoms with Crippen LogP contribution in [0.2, 0.25) is 5.02 Å². The molecule has 0 heterocycles. The molecule has 0 bridgehead atoms. The first-order chi connectivity index (χ1) is 8.41. The summed E-state index contributed by atoms with van der Waals surface area (Å²) in [5.41, 5.74) is 7.36. The first-order valence-corrected chi connectivity index (χ1v) is 7.01. The van der Waals surface area contributed by atoms with Gasteiger partial charge in [0, 0.05) is 17.1 Å². The van der Waals surface area contributed by atoms with Crippen molar-refractivity contribution >= 4 is 11.6 Å². The van der Waals surface area contributed by atoms with E-state index >= 15 is 0 Å². The van der Waals surface area contributed by atoms with Crippen LogP contribution in [0.5, 0.6) is 0 Å². The monoisotopic (exact) mass is 268 g/mol. The van der Waals surface area contributed by atoms with Gasteiger partial charge in [0.2, 0.25) is 0 Å². The van der Waals surface area contributed by atoms with Crippen molar-refractivity contribution in [1.82, 2.24) is 4.90 Å². The molecule has 0 radical (unpaired) electrons. The fourth-order valence-corrected chi connectivity index (χ4v) is 2.06. The molecular weight excluding hydrogens is 244 g/mol. The Bertz CT molecular complexity index is 348. The number of hydrogen-bond donors (Lipinski definition) is 1. The van der Waals surface area contributed by atoms with E-state index in [0.717, 1.165) is 23.6 Å². The summed E-state index contributed by atoms with van der Waals surface area (Å²) in [4.78, 5) is 2.38.